The van der Waals surface area contributed by atoms with Crippen molar-refractivity contribution in [2.75, 3.05) is 13.7 Å². The van der Waals surface area contributed by atoms with Crippen LogP contribution in [0.15, 0.2) is 0 Å². The number of hydrogen-bond donors (Lipinski definition) is 2. The van der Waals surface area contributed by atoms with Gasteiger partial charge in [0.15, 0.2) is 0 Å². The Morgan fingerprint density at radius 2 is 2.27 bits per heavy atom. The lowest BCUT2D eigenvalue weighted by Crippen LogP contribution is -2.58. The van der Waals surface area contributed by atoms with E-state index in [-0.39, 0.29) is 11.9 Å². The van der Waals surface area contributed by atoms with Crippen molar-refractivity contribution in [2.24, 2.45) is 5.73 Å². The van der Waals surface area contributed by atoms with Crippen molar-refractivity contribution in [3.8, 4) is 0 Å². The van der Waals surface area contributed by atoms with Crippen molar-refractivity contribution in [2.45, 2.75) is 31.8 Å². The highest BCUT2D eigenvalue weighted by Crippen LogP contribution is 2.09. The molecule has 0 radical (unpaired) electrons. The number of esters is 1. The first-order valence-electron chi connectivity index (χ1n) is 4.97. The number of hydrazine groups is 1. The maximum atomic E-state index is 11.5. The lowest BCUT2D eigenvalue weighted by molar-refractivity contribution is -0.149. The molecule has 1 aliphatic rings. The molecule has 15 heavy (non-hydrogen) atoms. The number of methoxy groups -OCH3 is 1. The van der Waals surface area contributed by atoms with E-state index >= 15 is 0 Å². The fourth-order valence-electron chi connectivity index (χ4n) is 1.50. The summed E-state index contributed by atoms with van der Waals surface area (Å²) in [5.41, 5.74) is 8.29. The van der Waals surface area contributed by atoms with Crippen molar-refractivity contribution in [3.05, 3.63) is 0 Å². The topological polar surface area (TPSA) is 84.7 Å². The molecule has 0 spiro atoms. The molecule has 2 atom stereocenters. The van der Waals surface area contributed by atoms with Crippen LogP contribution in [0.2, 0.25) is 0 Å². The van der Waals surface area contributed by atoms with Gasteiger partial charge < -0.3 is 10.5 Å². The first-order chi connectivity index (χ1) is 7.06. The number of rotatable bonds is 2. The second kappa shape index (κ2) is 5.09. The van der Waals surface area contributed by atoms with E-state index < -0.39 is 12.1 Å². The quantitative estimate of drug-likeness (QED) is 0.577. The second-order valence-corrected chi connectivity index (χ2v) is 3.63. The number of nitrogens with one attached hydrogen (secondary N) is 1. The van der Waals surface area contributed by atoms with Crippen LogP contribution >= 0.6 is 0 Å². The van der Waals surface area contributed by atoms with E-state index in [0.29, 0.717) is 13.0 Å². The molecule has 6 nitrogen and oxygen atoms in total. The Morgan fingerprint density at radius 3 is 2.80 bits per heavy atom. The van der Waals surface area contributed by atoms with Crippen molar-refractivity contribution in [1.29, 1.82) is 0 Å². The number of amides is 1. The van der Waals surface area contributed by atoms with Crippen molar-refractivity contribution in [3.63, 3.8) is 0 Å². The predicted molar refractivity (Wildman–Crippen MR) is 53.5 cm³/mol. The number of nitrogens with two attached hydrogens (primary N) is 1. The van der Waals surface area contributed by atoms with Gasteiger partial charge in [0.2, 0.25) is 0 Å². The summed E-state index contributed by atoms with van der Waals surface area (Å²) in [6.07, 6.45) is 1.45. The van der Waals surface area contributed by atoms with E-state index in [1.54, 1.807) is 6.92 Å². The third-order valence-corrected chi connectivity index (χ3v) is 2.33. The van der Waals surface area contributed by atoms with Crippen LogP contribution in [0.1, 0.15) is 19.8 Å². The van der Waals surface area contributed by atoms with Crippen LogP contribution in [0.25, 0.3) is 0 Å². The average molecular weight is 215 g/mol. The Balaban J connectivity index is 2.56. The molecule has 0 aliphatic carbocycles. The molecular formula is C9H17N3O3. The molecule has 1 saturated heterocycles. The highest BCUT2D eigenvalue weighted by atomic mass is 16.5. The largest absolute Gasteiger partial charge is 0.468 e. The van der Waals surface area contributed by atoms with Gasteiger partial charge in [0.1, 0.15) is 6.04 Å². The molecule has 3 N–H and O–H groups in total. The zero-order chi connectivity index (χ0) is 11.4. The van der Waals surface area contributed by atoms with E-state index in [1.807, 2.05) is 0 Å². The van der Waals surface area contributed by atoms with E-state index in [2.05, 4.69) is 10.2 Å². The molecule has 1 fully saturated rings. The number of hydrogen-bond acceptors (Lipinski definition) is 5. The van der Waals surface area contributed by atoms with Gasteiger partial charge in [-0.15, -0.1) is 0 Å². The van der Waals surface area contributed by atoms with Gasteiger partial charge >= 0.3 is 5.97 Å². The SMILES string of the molecule is COC(=O)[C@@H]1CCCN(C(=O)[C@H](C)N)N1. The van der Waals surface area contributed by atoms with Crippen molar-refractivity contribution < 1.29 is 14.3 Å². The molecule has 0 saturated carbocycles. The van der Waals surface area contributed by atoms with E-state index in [9.17, 15) is 9.59 Å². The molecule has 1 aliphatic heterocycles. The van der Waals surface area contributed by atoms with E-state index in [0.717, 1.165) is 6.42 Å². The second-order valence-electron chi connectivity index (χ2n) is 3.63. The first kappa shape index (κ1) is 11.9. The summed E-state index contributed by atoms with van der Waals surface area (Å²) in [7, 11) is 1.33. The molecule has 1 rings (SSSR count). The number of ether oxygens (including phenoxy) is 1. The predicted octanol–water partition coefficient (Wildman–Crippen LogP) is -0.998. The highest BCUT2D eigenvalue weighted by molar-refractivity contribution is 5.82. The lowest BCUT2D eigenvalue weighted by Gasteiger charge is -2.33. The Labute approximate surface area is 88.7 Å². The summed E-state index contributed by atoms with van der Waals surface area (Å²) in [6, 6.07) is -1.000. The van der Waals surface area contributed by atoms with E-state index in [1.165, 1.54) is 12.1 Å². The van der Waals surface area contributed by atoms with Crippen LogP contribution in [0, 0.1) is 0 Å². The minimum absolute atomic E-state index is 0.205. The van der Waals surface area contributed by atoms with Crippen LogP contribution < -0.4 is 11.2 Å². The Bertz CT molecular complexity index is 255. The maximum absolute atomic E-state index is 11.5. The third-order valence-electron chi connectivity index (χ3n) is 2.33. The van der Waals surface area contributed by atoms with Crippen LogP contribution in [-0.4, -0.2) is 42.6 Å². The highest BCUT2D eigenvalue weighted by Gasteiger charge is 2.29. The van der Waals surface area contributed by atoms with Crippen molar-refractivity contribution >= 4 is 11.9 Å². The zero-order valence-corrected chi connectivity index (χ0v) is 9.03. The summed E-state index contributed by atoms with van der Waals surface area (Å²) < 4.78 is 4.61. The number of nitrogens with zero attached hydrogens (tertiary/aromatic N) is 1. The van der Waals surface area contributed by atoms with Crippen LogP contribution in [0.3, 0.4) is 0 Å². The van der Waals surface area contributed by atoms with Gasteiger partial charge in [-0.1, -0.05) is 0 Å². The Kier molecular flexibility index (Phi) is 4.05. The van der Waals surface area contributed by atoms with Crippen LogP contribution in [0.5, 0.6) is 0 Å². The van der Waals surface area contributed by atoms with Crippen LogP contribution in [-0.2, 0) is 14.3 Å². The molecule has 86 valence electrons. The molecule has 0 aromatic rings. The molecular weight excluding hydrogens is 198 g/mol. The van der Waals surface area contributed by atoms with Gasteiger partial charge in [-0.3, -0.25) is 14.6 Å². The minimum atomic E-state index is -0.561. The molecule has 0 unspecified atom stereocenters. The number of carbonyl (C=O) groups excluding carboxylic acids is 2. The fourth-order valence-corrected chi connectivity index (χ4v) is 1.50. The summed E-state index contributed by atoms with van der Waals surface area (Å²) in [5.74, 6) is -0.555. The summed E-state index contributed by atoms with van der Waals surface area (Å²) >= 11 is 0. The lowest BCUT2D eigenvalue weighted by atomic mass is 10.1. The summed E-state index contributed by atoms with van der Waals surface area (Å²) in [4.78, 5) is 22.8. The Morgan fingerprint density at radius 1 is 1.60 bits per heavy atom. The Hall–Kier alpha value is -1.14. The normalized spacial score (nSPS) is 23.4. The average Bonchev–Trinajstić information content (AvgIpc) is 2.27. The first-order valence-corrected chi connectivity index (χ1v) is 4.97. The van der Waals surface area contributed by atoms with Gasteiger partial charge in [0.25, 0.3) is 5.91 Å². The van der Waals surface area contributed by atoms with E-state index in [4.69, 9.17) is 5.73 Å². The molecule has 0 aromatic carbocycles. The molecule has 6 heteroatoms. The smallest absolute Gasteiger partial charge is 0.324 e. The summed E-state index contributed by atoms with van der Waals surface area (Å²) in [5, 5.41) is 1.40. The van der Waals surface area contributed by atoms with Crippen LogP contribution in [0.4, 0.5) is 0 Å². The van der Waals surface area contributed by atoms with Gasteiger partial charge in [0.05, 0.1) is 13.2 Å². The van der Waals surface area contributed by atoms with Gasteiger partial charge in [-0.25, -0.2) is 5.43 Å². The van der Waals surface area contributed by atoms with Gasteiger partial charge in [0, 0.05) is 6.54 Å². The molecule has 1 heterocycles. The standard InChI is InChI=1S/C9H17N3O3/c1-6(10)8(13)12-5-3-4-7(11-12)9(14)15-2/h6-7,11H,3-5,10H2,1-2H3/t6-,7-/m0/s1. The minimum Gasteiger partial charge on any atom is -0.468 e. The maximum Gasteiger partial charge on any atom is 0.324 e. The van der Waals surface area contributed by atoms with Gasteiger partial charge in [-0.05, 0) is 19.8 Å². The molecule has 0 bridgehead atoms. The van der Waals surface area contributed by atoms with Gasteiger partial charge in [-0.2, -0.15) is 0 Å². The zero-order valence-electron chi connectivity index (χ0n) is 9.03. The monoisotopic (exact) mass is 215 g/mol. The summed E-state index contributed by atoms with van der Waals surface area (Å²) in [6.45, 7) is 2.19. The molecule has 1 amide bonds. The van der Waals surface area contributed by atoms with Crippen molar-refractivity contribution in [1.82, 2.24) is 10.4 Å². The fraction of sp³-hybridized carbons (Fsp3) is 0.778. The number of carbonyl (C=O) groups is 2. The third kappa shape index (κ3) is 2.90. The molecule has 0 aromatic heterocycles.